The van der Waals surface area contributed by atoms with Crippen LogP contribution < -0.4 is 4.72 Å². The summed E-state index contributed by atoms with van der Waals surface area (Å²) in [6, 6.07) is 7.91. The Bertz CT molecular complexity index is 1360. The van der Waals surface area contributed by atoms with E-state index in [1.54, 1.807) is 6.20 Å². The van der Waals surface area contributed by atoms with E-state index >= 15 is 0 Å². The Morgan fingerprint density at radius 3 is 2.69 bits per heavy atom. The molecule has 0 saturated carbocycles. The molecular formula is C18H12Cl2FN5O2S. The Kier molecular flexibility index (Phi) is 4.89. The van der Waals surface area contributed by atoms with E-state index in [0.29, 0.717) is 11.2 Å². The minimum absolute atomic E-state index is 0.0325. The van der Waals surface area contributed by atoms with Crippen LogP contribution in [0.25, 0.3) is 22.4 Å². The van der Waals surface area contributed by atoms with Crippen molar-refractivity contribution in [3.63, 3.8) is 0 Å². The highest BCUT2D eigenvalue weighted by molar-refractivity contribution is 7.92. The van der Waals surface area contributed by atoms with Crippen LogP contribution in [0.2, 0.25) is 10.0 Å². The molecule has 0 aliphatic carbocycles. The topological polar surface area (TPSA) is 101 Å². The Labute approximate surface area is 175 Å². The first-order chi connectivity index (χ1) is 13.7. The molecule has 148 valence electrons. The number of halogens is 3. The van der Waals surface area contributed by atoms with Crippen molar-refractivity contribution in [3.05, 3.63) is 64.2 Å². The van der Waals surface area contributed by atoms with Gasteiger partial charge in [-0.1, -0.05) is 23.2 Å². The zero-order chi connectivity index (χ0) is 20.8. The lowest BCUT2D eigenvalue weighted by molar-refractivity contribution is 0.598. The molecule has 2 N–H and O–H groups in total. The quantitative estimate of drug-likeness (QED) is 0.472. The minimum Gasteiger partial charge on any atom is -0.280 e. The highest BCUT2D eigenvalue weighted by Gasteiger charge is 2.20. The SMILES string of the molecule is Cc1[nH]nc2nc(-c3ccc(NS(=O)(=O)c4cc(Cl)ccc4Cl)c(F)c3)ncc12. The van der Waals surface area contributed by atoms with Crippen molar-refractivity contribution >= 4 is 49.9 Å². The number of nitrogens with zero attached hydrogens (tertiary/aromatic N) is 3. The molecule has 4 rings (SSSR count). The lowest BCUT2D eigenvalue weighted by atomic mass is 10.2. The predicted octanol–water partition coefficient (Wildman–Crippen LogP) is 4.58. The van der Waals surface area contributed by atoms with Crippen molar-refractivity contribution in [3.8, 4) is 11.4 Å². The number of fused-ring (bicyclic) bond motifs is 1. The van der Waals surface area contributed by atoms with E-state index < -0.39 is 15.8 Å². The molecule has 0 fully saturated rings. The lowest BCUT2D eigenvalue weighted by Gasteiger charge is -2.11. The van der Waals surface area contributed by atoms with Crippen LogP contribution in [0.1, 0.15) is 5.69 Å². The highest BCUT2D eigenvalue weighted by atomic mass is 35.5. The third kappa shape index (κ3) is 3.76. The van der Waals surface area contributed by atoms with Crippen LogP contribution in [0, 0.1) is 12.7 Å². The van der Waals surface area contributed by atoms with Crippen LogP contribution in [0.3, 0.4) is 0 Å². The molecular weight excluding hydrogens is 440 g/mol. The van der Waals surface area contributed by atoms with Crippen molar-refractivity contribution in [2.45, 2.75) is 11.8 Å². The van der Waals surface area contributed by atoms with Gasteiger partial charge in [0.2, 0.25) is 0 Å². The number of aromatic nitrogens is 4. The molecule has 0 radical (unpaired) electrons. The standard InChI is InChI=1S/C18H12Cl2FN5O2S/c1-9-12-8-22-17(23-18(12)25-24-9)10-2-5-15(14(21)6-10)26-29(27,28)16-7-11(19)3-4-13(16)20/h2-8,26H,1H3,(H,22,23,24,25). The molecule has 0 amide bonds. The highest BCUT2D eigenvalue weighted by Crippen LogP contribution is 2.29. The van der Waals surface area contributed by atoms with Crippen LogP contribution in [0.15, 0.2) is 47.5 Å². The van der Waals surface area contributed by atoms with E-state index in [2.05, 4.69) is 24.9 Å². The van der Waals surface area contributed by atoms with Crippen molar-refractivity contribution in [1.82, 2.24) is 20.2 Å². The number of rotatable bonds is 4. The van der Waals surface area contributed by atoms with Gasteiger partial charge >= 0.3 is 0 Å². The Hall–Kier alpha value is -2.75. The van der Waals surface area contributed by atoms with Gasteiger partial charge in [0.25, 0.3) is 10.0 Å². The van der Waals surface area contributed by atoms with Gasteiger partial charge in [0.1, 0.15) is 10.7 Å². The van der Waals surface area contributed by atoms with Crippen LogP contribution in [0.5, 0.6) is 0 Å². The van der Waals surface area contributed by atoms with E-state index in [-0.39, 0.29) is 26.5 Å². The molecule has 7 nitrogen and oxygen atoms in total. The first-order valence-electron chi connectivity index (χ1n) is 8.20. The molecule has 0 aliphatic rings. The molecule has 0 bridgehead atoms. The van der Waals surface area contributed by atoms with E-state index in [4.69, 9.17) is 23.2 Å². The second-order valence-electron chi connectivity index (χ2n) is 6.15. The predicted molar refractivity (Wildman–Crippen MR) is 109 cm³/mol. The molecule has 2 heterocycles. The number of nitrogens with one attached hydrogen (secondary N) is 2. The molecule has 11 heteroatoms. The number of anilines is 1. The Morgan fingerprint density at radius 2 is 1.93 bits per heavy atom. The Morgan fingerprint density at radius 1 is 1.14 bits per heavy atom. The minimum atomic E-state index is -4.14. The van der Waals surface area contributed by atoms with Gasteiger partial charge < -0.3 is 0 Å². The molecule has 4 aromatic rings. The van der Waals surface area contributed by atoms with Crippen molar-refractivity contribution < 1.29 is 12.8 Å². The average molecular weight is 452 g/mol. The maximum absolute atomic E-state index is 14.6. The third-order valence-corrected chi connectivity index (χ3v) is 6.24. The summed E-state index contributed by atoms with van der Waals surface area (Å²) < 4.78 is 41.9. The number of benzene rings is 2. The molecule has 2 aromatic carbocycles. The summed E-state index contributed by atoms with van der Waals surface area (Å²) in [5.74, 6) is -0.540. The first-order valence-corrected chi connectivity index (χ1v) is 10.4. The van der Waals surface area contributed by atoms with Crippen LogP contribution in [-0.4, -0.2) is 28.6 Å². The van der Waals surface area contributed by atoms with E-state index in [0.717, 1.165) is 17.1 Å². The normalized spacial score (nSPS) is 11.7. The molecule has 0 unspecified atom stereocenters. The van der Waals surface area contributed by atoms with Gasteiger partial charge in [-0.15, -0.1) is 0 Å². The van der Waals surface area contributed by atoms with Gasteiger partial charge in [0.05, 0.1) is 16.1 Å². The number of aryl methyl sites for hydroxylation is 1. The summed E-state index contributed by atoms with van der Waals surface area (Å²) in [4.78, 5) is 8.25. The maximum Gasteiger partial charge on any atom is 0.263 e. The van der Waals surface area contributed by atoms with Crippen LogP contribution in [-0.2, 0) is 10.0 Å². The van der Waals surface area contributed by atoms with Gasteiger partial charge in [-0.3, -0.25) is 9.82 Å². The zero-order valence-electron chi connectivity index (χ0n) is 14.7. The van der Waals surface area contributed by atoms with Gasteiger partial charge in [-0.2, -0.15) is 5.10 Å². The molecule has 0 atom stereocenters. The smallest absolute Gasteiger partial charge is 0.263 e. The summed E-state index contributed by atoms with van der Waals surface area (Å²) in [6.07, 6.45) is 1.59. The maximum atomic E-state index is 14.6. The largest absolute Gasteiger partial charge is 0.280 e. The zero-order valence-corrected chi connectivity index (χ0v) is 17.1. The average Bonchev–Trinajstić information content (AvgIpc) is 3.05. The van der Waals surface area contributed by atoms with Crippen molar-refractivity contribution in [1.29, 1.82) is 0 Å². The fraction of sp³-hybridized carbons (Fsp3) is 0.0556. The van der Waals surface area contributed by atoms with Crippen LogP contribution in [0.4, 0.5) is 10.1 Å². The van der Waals surface area contributed by atoms with E-state index in [1.165, 1.54) is 30.3 Å². The fourth-order valence-electron chi connectivity index (χ4n) is 2.68. The molecule has 29 heavy (non-hydrogen) atoms. The fourth-order valence-corrected chi connectivity index (χ4v) is 4.51. The Balaban J connectivity index is 1.67. The van der Waals surface area contributed by atoms with Gasteiger partial charge in [0, 0.05) is 22.5 Å². The third-order valence-electron chi connectivity index (χ3n) is 4.16. The lowest BCUT2D eigenvalue weighted by Crippen LogP contribution is -2.14. The van der Waals surface area contributed by atoms with Crippen LogP contribution >= 0.6 is 23.2 Å². The van der Waals surface area contributed by atoms with Gasteiger partial charge in [-0.25, -0.2) is 22.8 Å². The molecule has 0 saturated heterocycles. The molecule has 0 aliphatic heterocycles. The second-order valence-corrected chi connectivity index (χ2v) is 8.65. The summed E-state index contributed by atoms with van der Waals surface area (Å²) in [5.41, 5.74) is 1.39. The number of hydrogen-bond acceptors (Lipinski definition) is 5. The monoisotopic (exact) mass is 451 g/mol. The summed E-state index contributed by atoms with van der Waals surface area (Å²) >= 11 is 11.8. The molecule has 2 aromatic heterocycles. The summed E-state index contributed by atoms with van der Waals surface area (Å²) in [5, 5.41) is 7.77. The van der Waals surface area contributed by atoms with Crippen molar-refractivity contribution in [2.24, 2.45) is 0 Å². The van der Waals surface area contributed by atoms with Gasteiger partial charge in [-0.05, 0) is 43.3 Å². The number of sulfonamides is 1. The van der Waals surface area contributed by atoms with E-state index in [1.807, 2.05) is 6.92 Å². The summed E-state index contributed by atoms with van der Waals surface area (Å²) in [6.45, 7) is 1.84. The number of aromatic amines is 1. The molecule has 0 spiro atoms. The summed E-state index contributed by atoms with van der Waals surface area (Å²) in [7, 11) is -4.14. The first kappa shape index (κ1) is 19.6. The van der Waals surface area contributed by atoms with E-state index in [9.17, 15) is 12.8 Å². The second kappa shape index (κ2) is 7.25. The number of H-pyrrole nitrogens is 1. The van der Waals surface area contributed by atoms with Gasteiger partial charge in [0.15, 0.2) is 11.5 Å². The van der Waals surface area contributed by atoms with Crippen molar-refractivity contribution in [2.75, 3.05) is 4.72 Å². The number of hydrogen-bond donors (Lipinski definition) is 2.